The van der Waals surface area contributed by atoms with Gasteiger partial charge >= 0.3 is 0 Å². The van der Waals surface area contributed by atoms with E-state index in [-0.39, 0.29) is 17.4 Å². The standard InChI is InChI=1S/C13H13ClN4O/c1-18(8-9-2-4-10(14)5-3-9)13(19)11-6-16-7-12(15)17-11/h2-7H,8H2,1H3,(H2,15,17). The predicted molar refractivity (Wildman–Crippen MR) is 73.7 cm³/mol. The van der Waals surface area contributed by atoms with Crippen LogP contribution in [-0.2, 0) is 6.54 Å². The van der Waals surface area contributed by atoms with Crippen molar-refractivity contribution < 1.29 is 4.79 Å². The Balaban J connectivity index is 2.09. The second-order valence-electron chi connectivity index (χ2n) is 4.12. The van der Waals surface area contributed by atoms with Crippen molar-refractivity contribution in [2.45, 2.75) is 6.54 Å². The summed E-state index contributed by atoms with van der Waals surface area (Å²) in [5.74, 6) is 0.000456. The molecule has 1 aromatic carbocycles. The van der Waals surface area contributed by atoms with Crippen LogP contribution < -0.4 is 5.73 Å². The van der Waals surface area contributed by atoms with Gasteiger partial charge < -0.3 is 10.6 Å². The highest BCUT2D eigenvalue weighted by Gasteiger charge is 2.14. The summed E-state index contributed by atoms with van der Waals surface area (Å²) in [5.41, 5.74) is 6.72. The maximum Gasteiger partial charge on any atom is 0.274 e. The molecule has 98 valence electrons. The third-order valence-electron chi connectivity index (χ3n) is 2.55. The summed E-state index contributed by atoms with van der Waals surface area (Å²) in [4.78, 5) is 21.5. The zero-order chi connectivity index (χ0) is 13.8. The minimum atomic E-state index is -0.227. The van der Waals surface area contributed by atoms with Crippen molar-refractivity contribution >= 4 is 23.3 Å². The Morgan fingerprint density at radius 2 is 2.00 bits per heavy atom. The van der Waals surface area contributed by atoms with Crippen LogP contribution in [0.2, 0.25) is 5.02 Å². The molecule has 5 nitrogen and oxygen atoms in total. The number of amides is 1. The molecule has 1 amide bonds. The second kappa shape index (κ2) is 5.67. The molecule has 19 heavy (non-hydrogen) atoms. The van der Waals surface area contributed by atoms with Gasteiger partial charge in [0.05, 0.1) is 12.4 Å². The van der Waals surface area contributed by atoms with Crippen LogP contribution in [0.5, 0.6) is 0 Å². The van der Waals surface area contributed by atoms with Gasteiger partial charge in [-0.1, -0.05) is 23.7 Å². The quantitative estimate of drug-likeness (QED) is 0.930. The number of nitrogens with zero attached hydrogens (tertiary/aromatic N) is 3. The summed E-state index contributed by atoms with van der Waals surface area (Å²) in [6, 6.07) is 7.32. The number of hydrogen-bond acceptors (Lipinski definition) is 4. The molecule has 0 bridgehead atoms. The lowest BCUT2D eigenvalue weighted by atomic mass is 10.2. The summed E-state index contributed by atoms with van der Waals surface area (Å²) in [6.07, 6.45) is 2.80. The van der Waals surface area contributed by atoms with Gasteiger partial charge in [-0.05, 0) is 17.7 Å². The number of aromatic nitrogens is 2. The van der Waals surface area contributed by atoms with Crippen LogP contribution in [0.3, 0.4) is 0 Å². The Labute approximate surface area is 116 Å². The minimum Gasteiger partial charge on any atom is -0.382 e. The van der Waals surface area contributed by atoms with Gasteiger partial charge in [0.2, 0.25) is 0 Å². The van der Waals surface area contributed by atoms with Gasteiger partial charge in [0.15, 0.2) is 0 Å². The first kappa shape index (κ1) is 13.3. The molecule has 2 aromatic rings. The average Bonchev–Trinajstić information content (AvgIpc) is 2.40. The third-order valence-corrected chi connectivity index (χ3v) is 2.80. The van der Waals surface area contributed by atoms with Crippen molar-refractivity contribution in [2.24, 2.45) is 0 Å². The predicted octanol–water partition coefficient (Wildman–Crippen LogP) is 1.98. The Bertz CT molecular complexity index is 585. The first-order chi connectivity index (χ1) is 9.06. The molecule has 0 radical (unpaired) electrons. The molecule has 0 aliphatic heterocycles. The van der Waals surface area contributed by atoms with E-state index in [1.54, 1.807) is 24.1 Å². The molecular weight excluding hydrogens is 264 g/mol. The van der Waals surface area contributed by atoms with Crippen LogP contribution in [-0.4, -0.2) is 27.8 Å². The van der Waals surface area contributed by atoms with Crippen molar-refractivity contribution in [3.63, 3.8) is 0 Å². The van der Waals surface area contributed by atoms with E-state index < -0.39 is 0 Å². The maximum atomic E-state index is 12.1. The van der Waals surface area contributed by atoms with Gasteiger partial charge in [-0.25, -0.2) is 4.98 Å². The van der Waals surface area contributed by atoms with E-state index in [2.05, 4.69) is 9.97 Å². The van der Waals surface area contributed by atoms with Crippen molar-refractivity contribution in [3.05, 3.63) is 52.9 Å². The Morgan fingerprint density at radius 1 is 1.32 bits per heavy atom. The SMILES string of the molecule is CN(Cc1ccc(Cl)cc1)C(=O)c1cncc(N)n1. The van der Waals surface area contributed by atoms with Gasteiger partial charge in [0.25, 0.3) is 5.91 Å². The normalized spacial score (nSPS) is 10.2. The number of nitrogens with two attached hydrogens (primary N) is 1. The monoisotopic (exact) mass is 276 g/mol. The van der Waals surface area contributed by atoms with Crippen molar-refractivity contribution in [2.75, 3.05) is 12.8 Å². The largest absolute Gasteiger partial charge is 0.382 e. The molecular formula is C13H13ClN4O. The summed E-state index contributed by atoms with van der Waals surface area (Å²) in [7, 11) is 1.70. The smallest absolute Gasteiger partial charge is 0.274 e. The lowest BCUT2D eigenvalue weighted by molar-refractivity contribution is 0.0779. The van der Waals surface area contributed by atoms with E-state index in [1.807, 2.05) is 12.1 Å². The zero-order valence-corrected chi connectivity index (χ0v) is 11.1. The van der Waals surface area contributed by atoms with E-state index in [4.69, 9.17) is 17.3 Å². The number of anilines is 1. The van der Waals surface area contributed by atoms with Crippen LogP contribution in [0.25, 0.3) is 0 Å². The summed E-state index contributed by atoms with van der Waals surface area (Å²) in [6.45, 7) is 0.465. The molecule has 0 atom stereocenters. The van der Waals surface area contributed by atoms with Crippen LogP contribution in [0.4, 0.5) is 5.82 Å². The summed E-state index contributed by atoms with van der Waals surface area (Å²) >= 11 is 5.81. The number of hydrogen-bond donors (Lipinski definition) is 1. The van der Waals surface area contributed by atoms with Crippen LogP contribution in [0, 0.1) is 0 Å². The number of benzene rings is 1. The molecule has 0 aliphatic rings. The van der Waals surface area contributed by atoms with E-state index in [0.717, 1.165) is 5.56 Å². The molecule has 0 saturated carbocycles. The molecule has 0 fully saturated rings. The Kier molecular flexibility index (Phi) is 3.97. The van der Waals surface area contributed by atoms with Gasteiger partial charge in [0.1, 0.15) is 11.5 Å². The van der Waals surface area contributed by atoms with Crippen molar-refractivity contribution in [1.82, 2.24) is 14.9 Å². The second-order valence-corrected chi connectivity index (χ2v) is 4.55. The molecule has 1 heterocycles. The number of rotatable bonds is 3. The van der Waals surface area contributed by atoms with Gasteiger partial charge in [-0.2, -0.15) is 0 Å². The van der Waals surface area contributed by atoms with E-state index in [1.165, 1.54) is 12.4 Å². The first-order valence-electron chi connectivity index (χ1n) is 5.63. The first-order valence-corrected chi connectivity index (χ1v) is 6.01. The van der Waals surface area contributed by atoms with Crippen LogP contribution >= 0.6 is 11.6 Å². The van der Waals surface area contributed by atoms with Crippen LogP contribution in [0.15, 0.2) is 36.7 Å². The third kappa shape index (κ3) is 3.42. The fourth-order valence-corrected chi connectivity index (χ4v) is 1.74. The van der Waals surface area contributed by atoms with E-state index in [9.17, 15) is 4.79 Å². The fraction of sp³-hybridized carbons (Fsp3) is 0.154. The average molecular weight is 277 g/mol. The van der Waals surface area contributed by atoms with E-state index >= 15 is 0 Å². The van der Waals surface area contributed by atoms with Gasteiger partial charge in [-0.3, -0.25) is 9.78 Å². The van der Waals surface area contributed by atoms with Crippen molar-refractivity contribution in [1.29, 1.82) is 0 Å². The number of halogens is 1. The van der Waals surface area contributed by atoms with E-state index in [0.29, 0.717) is 11.6 Å². The Hall–Kier alpha value is -2.14. The molecule has 2 rings (SSSR count). The minimum absolute atomic E-state index is 0.227. The molecule has 0 spiro atoms. The van der Waals surface area contributed by atoms with Crippen LogP contribution in [0.1, 0.15) is 16.1 Å². The van der Waals surface area contributed by atoms with Gasteiger partial charge in [0, 0.05) is 18.6 Å². The molecule has 0 saturated heterocycles. The zero-order valence-electron chi connectivity index (χ0n) is 10.4. The highest BCUT2D eigenvalue weighted by atomic mass is 35.5. The molecule has 0 unspecified atom stereocenters. The lowest BCUT2D eigenvalue weighted by Crippen LogP contribution is -2.27. The molecule has 1 aromatic heterocycles. The van der Waals surface area contributed by atoms with Gasteiger partial charge in [-0.15, -0.1) is 0 Å². The lowest BCUT2D eigenvalue weighted by Gasteiger charge is -2.16. The number of nitrogen functional groups attached to an aromatic ring is 1. The summed E-state index contributed by atoms with van der Waals surface area (Å²) in [5, 5.41) is 0.666. The fourth-order valence-electron chi connectivity index (χ4n) is 1.62. The number of carbonyl (C=O) groups is 1. The van der Waals surface area contributed by atoms with Crippen molar-refractivity contribution in [3.8, 4) is 0 Å². The number of carbonyl (C=O) groups excluding carboxylic acids is 1. The highest BCUT2D eigenvalue weighted by Crippen LogP contribution is 2.12. The molecule has 0 aliphatic carbocycles. The maximum absolute atomic E-state index is 12.1. The summed E-state index contributed by atoms with van der Waals surface area (Å²) < 4.78 is 0. The molecule has 6 heteroatoms. The highest BCUT2D eigenvalue weighted by molar-refractivity contribution is 6.30. The molecule has 2 N–H and O–H groups in total. The Morgan fingerprint density at radius 3 is 2.63 bits per heavy atom. The topological polar surface area (TPSA) is 72.1 Å².